The van der Waals surface area contributed by atoms with Gasteiger partial charge in [0.1, 0.15) is 0 Å². The molecule has 98 valence electrons. The monoisotopic (exact) mass is 238 g/mol. The van der Waals surface area contributed by atoms with Crippen molar-refractivity contribution in [2.24, 2.45) is 5.92 Å². The van der Waals surface area contributed by atoms with Crippen LogP contribution in [0.15, 0.2) is 11.1 Å². The Labute approximate surface area is 105 Å². The van der Waals surface area contributed by atoms with Gasteiger partial charge in [0.15, 0.2) is 0 Å². The highest BCUT2D eigenvalue weighted by molar-refractivity contribution is 5.86. The van der Waals surface area contributed by atoms with Crippen molar-refractivity contribution in [1.29, 1.82) is 0 Å². The Morgan fingerprint density at radius 1 is 0.882 bits per heavy atom. The minimum absolute atomic E-state index is 0.504. The van der Waals surface area contributed by atoms with Crippen molar-refractivity contribution in [1.82, 2.24) is 0 Å². The highest BCUT2D eigenvalue weighted by Crippen LogP contribution is 2.28. The van der Waals surface area contributed by atoms with Crippen LogP contribution < -0.4 is 0 Å². The summed E-state index contributed by atoms with van der Waals surface area (Å²) in [5.74, 6) is -0.246. The minimum Gasteiger partial charge on any atom is -0.478 e. The fourth-order valence-electron chi connectivity index (χ4n) is 2.72. The molecule has 0 aromatic rings. The lowest BCUT2D eigenvalue weighted by molar-refractivity contribution is -0.132. The molecule has 0 aliphatic heterocycles. The van der Waals surface area contributed by atoms with Crippen molar-refractivity contribution in [2.45, 2.75) is 71.6 Å². The lowest BCUT2D eigenvalue weighted by atomic mass is 9.85. The molecule has 0 radical (unpaired) electrons. The highest BCUT2D eigenvalue weighted by Gasteiger charge is 2.16. The van der Waals surface area contributed by atoms with Gasteiger partial charge in [-0.15, -0.1) is 0 Å². The molecule has 0 unspecified atom stereocenters. The molecule has 0 amide bonds. The average molecular weight is 238 g/mol. The minimum atomic E-state index is -0.750. The molecule has 0 saturated heterocycles. The predicted molar refractivity (Wildman–Crippen MR) is 71.1 cm³/mol. The topological polar surface area (TPSA) is 37.3 Å². The molecule has 0 aromatic heterocycles. The molecular weight excluding hydrogens is 212 g/mol. The number of hydrogen-bond acceptors (Lipinski definition) is 1. The van der Waals surface area contributed by atoms with E-state index in [1.165, 1.54) is 57.8 Å². The standard InChI is InChI=1S/C15H26O2/c1-12(13(2)15(16)17)14-10-8-6-4-3-5-7-9-11-14/h14H,3-11H2,1-2H3,(H,16,17). The Hall–Kier alpha value is -0.790. The van der Waals surface area contributed by atoms with E-state index in [-0.39, 0.29) is 0 Å². The Bertz CT molecular complexity index is 269. The summed E-state index contributed by atoms with van der Waals surface area (Å²) in [7, 11) is 0. The summed E-state index contributed by atoms with van der Waals surface area (Å²) in [6.07, 6.45) is 11.6. The van der Waals surface area contributed by atoms with Crippen LogP contribution in [0.1, 0.15) is 71.6 Å². The molecule has 0 bridgehead atoms. The third-order valence-electron chi connectivity index (χ3n) is 4.13. The Kier molecular flexibility index (Phi) is 6.31. The number of hydrogen-bond donors (Lipinski definition) is 1. The first-order valence-electron chi connectivity index (χ1n) is 7.03. The molecule has 1 aliphatic carbocycles. The average Bonchev–Trinajstić information content (AvgIpc) is 2.33. The molecule has 0 heterocycles. The van der Waals surface area contributed by atoms with E-state index in [1.54, 1.807) is 6.92 Å². The van der Waals surface area contributed by atoms with Gasteiger partial charge in [-0.2, -0.15) is 0 Å². The largest absolute Gasteiger partial charge is 0.478 e. The zero-order valence-corrected chi connectivity index (χ0v) is 11.3. The lowest BCUT2D eigenvalue weighted by Gasteiger charge is -2.20. The summed E-state index contributed by atoms with van der Waals surface area (Å²) in [6, 6.07) is 0. The van der Waals surface area contributed by atoms with Gasteiger partial charge in [-0.25, -0.2) is 4.79 Å². The third kappa shape index (κ3) is 4.93. The van der Waals surface area contributed by atoms with Crippen LogP contribution in [-0.4, -0.2) is 11.1 Å². The van der Waals surface area contributed by atoms with E-state index in [2.05, 4.69) is 0 Å². The van der Waals surface area contributed by atoms with Crippen molar-refractivity contribution in [3.8, 4) is 0 Å². The van der Waals surface area contributed by atoms with Crippen LogP contribution in [-0.2, 0) is 4.79 Å². The van der Waals surface area contributed by atoms with Crippen molar-refractivity contribution < 1.29 is 9.90 Å². The number of aliphatic carboxylic acids is 1. The molecule has 1 aliphatic rings. The van der Waals surface area contributed by atoms with Gasteiger partial charge in [-0.05, 0) is 32.6 Å². The zero-order valence-electron chi connectivity index (χ0n) is 11.3. The molecule has 17 heavy (non-hydrogen) atoms. The van der Waals surface area contributed by atoms with E-state index in [9.17, 15) is 4.79 Å². The van der Waals surface area contributed by atoms with Gasteiger partial charge >= 0.3 is 5.97 Å². The highest BCUT2D eigenvalue weighted by atomic mass is 16.4. The Balaban J connectivity index is 2.64. The molecule has 1 saturated carbocycles. The SMILES string of the molecule is CC(C(=O)O)=C(C)C1CCCCCCCCC1. The first-order valence-corrected chi connectivity index (χ1v) is 7.03. The number of carboxylic acids is 1. The van der Waals surface area contributed by atoms with E-state index >= 15 is 0 Å². The number of rotatable bonds is 2. The van der Waals surface area contributed by atoms with Crippen LogP contribution in [0, 0.1) is 5.92 Å². The first kappa shape index (κ1) is 14.3. The summed E-state index contributed by atoms with van der Waals surface area (Å²) < 4.78 is 0. The van der Waals surface area contributed by atoms with E-state index in [0.29, 0.717) is 11.5 Å². The first-order chi connectivity index (χ1) is 8.13. The molecular formula is C15H26O2. The van der Waals surface area contributed by atoms with Gasteiger partial charge in [0, 0.05) is 5.57 Å². The molecule has 1 N–H and O–H groups in total. The maximum atomic E-state index is 11.0. The number of carboxylic acid groups (broad SMARTS) is 1. The van der Waals surface area contributed by atoms with Crippen molar-refractivity contribution in [3.05, 3.63) is 11.1 Å². The van der Waals surface area contributed by atoms with Crippen LogP contribution in [0.3, 0.4) is 0 Å². The molecule has 2 nitrogen and oxygen atoms in total. The maximum absolute atomic E-state index is 11.0. The van der Waals surface area contributed by atoms with Gasteiger partial charge in [-0.1, -0.05) is 50.5 Å². The van der Waals surface area contributed by atoms with E-state index in [4.69, 9.17) is 5.11 Å². The molecule has 0 spiro atoms. The van der Waals surface area contributed by atoms with Crippen LogP contribution in [0.2, 0.25) is 0 Å². The van der Waals surface area contributed by atoms with Crippen LogP contribution in [0.25, 0.3) is 0 Å². The fourth-order valence-corrected chi connectivity index (χ4v) is 2.72. The molecule has 0 atom stereocenters. The second-order valence-electron chi connectivity index (χ2n) is 5.36. The molecule has 0 aromatic carbocycles. The summed E-state index contributed by atoms with van der Waals surface area (Å²) >= 11 is 0. The van der Waals surface area contributed by atoms with Gasteiger partial charge < -0.3 is 5.11 Å². The second kappa shape index (κ2) is 7.52. The van der Waals surface area contributed by atoms with Crippen molar-refractivity contribution in [3.63, 3.8) is 0 Å². The van der Waals surface area contributed by atoms with Crippen LogP contribution >= 0.6 is 0 Å². The van der Waals surface area contributed by atoms with Crippen LogP contribution in [0.5, 0.6) is 0 Å². The quantitative estimate of drug-likeness (QED) is 0.717. The summed E-state index contributed by atoms with van der Waals surface area (Å²) in [5, 5.41) is 9.05. The van der Waals surface area contributed by atoms with Gasteiger partial charge in [0.2, 0.25) is 0 Å². The number of allylic oxidation sites excluding steroid dienone is 1. The molecule has 1 rings (SSSR count). The number of carbonyl (C=O) groups is 1. The zero-order chi connectivity index (χ0) is 12.7. The third-order valence-corrected chi connectivity index (χ3v) is 4.13. The fraction of sp³-hybridized carbons (Fsp3) is 0.800. The Morgan fingerprint density at radius 3 is 1.71 bits per heavy atom. The smallest absolute Gasteiger partial charge is 0.331 e. The van der Waals surface area contributed by atoms with E-state index in [1.807, 2.05) is 6.92 Å². The van der Waals surface area contributed by atoms with E-state index in [0.717, 1.165) is 5.57 Å². The van der Waals surface area contributed by atoms with Crippen LogP contribution in [0.4, 0.5) is 0 Å². The normalized spacial score (nSPS) is 21.8. The second-order valence-corrected chi connectivity index (χ2v) is 5.36. The molecule has 2 heteroatoms. The molecule has 1 fully saturated rings. The van der Waals surface area contributed by atoms with Gasteiger partial charge in [-0.3, -0.25) is 0 Å². The predicted octanol–water partition coefficient (Wildman–Crippen LogP) is 4.55. The van der Waals surface area contributed by atoms with Gasteiger partial charge in [0.05, 0.1) is 0 Å². The lowest BCUT2D eigenvalue weighted by Crippen LogP contribution is -2.09. The Morgan fingerprint density at radius 2 is 1.29 bits per heavy atom. The van der Waals surface area contributed by atoms with E-state index < -0.39 is 5.97 Å². The maximum Gasteiger partial charge on any atom is 0.331 e. The summed E-state index contributed by atoms with van der Waals surface area (Å²) in [4.78, 5) is 11.0. The van der Waals surface area contributed by atoms with Gasteiger partial charge in [0.25, 0.3) is 0 Å². The summed E-state index contributed by atoms with van der Waals surface area (Å²) in [5.41, 5.74) is 1.67. The summed E-state index contributed by atoms with van der Waals surface area (Å²) in [6.45, 7) is 3.76. The van der Waals surface area contributed by atoms with Crippen molar-refractivity contribution >= 4 is 5.97 Å². The van der Waals surface area contributed by atoms with Crippen molar-refractivity contribution in [2.75, 3.05) is 0 Å².